The number of aliphatic hydroxyl groups excluding tert-OH is 3. The van der Waals surface area contributed by atoms with Gasteiger partial charge >= 0.3 is 6.09 Å². The van der Waals surface area contributed by atoms with Gasteiger partial charge in [-0.25, -0.2) is 4.79 Å². The zero-order chi connectivity index (χ0) is 36.6. The van der Waals surface area contributed by atoms with Crippen LogP contribution in [0.5, 0.6) is 11.5 Å². The van der Waals surface area contributed by atoms with E-state index in [9.17, 15) is 20.1 Å². The van der Waals surface area contributed by atoms with E-state index in [0.29, 0.717) is 36.7 Å². The molecule has 1 amide bonds. The number of rotatable bonds is 23. The highest BCUT2D eigenvalue weighted by atomic mass is 35.5. The van der Waals surface area contributed by atoms with E-state index in [1.807, 2.05) is 18.2 Å². The summed E-state index contributed by atoms with van der Waals surface area (Å²) in [4.78, 5) is 21.0. The van der Waals surface area contributed by atoms with Crippen molar-refractivity contribution in [1.29, 1.82) is 0 Å². The molecule has 284 valence electrons. The van der Waals surface area contributed by atoms with Crippen molar-refractivity contribution in [2.24, 2.45) is 22.9 Å². The molecule has 0 saturated heterocycles. The first-order chi connectivity index (χ1) is 24.9. The quantitative estimate of drug-likeness (QED) is 0.0593. The normalized spacial score (nSPS) is 25.5. The standard InChI is InChI=1S/C38H55ClN2O10/c1-4-19-48-28-12-13-33-31(25-28)35-29(11-7-9-17-43)27(10-6-8-16-42)24-30-32(40-46-3)26-34(38(51-33,36(30)35)50-20-5-2)41(15-22-47-23-18-44)37(45)49-21-14-39/h4-5,12-13,24-25,27,29,34-36,42-44H,1-2,6-11,14-23,26H2,3H3/t27-,29+,34-,35+,36+,38+/m0/s1. The second kappa shape index (κ2) is 20.8. The summed E-state index contributed by atoms with van der Waals surface area (Å²) in [5.41, 5.74) is 2.53. The van der Waals surface area contributed by atoms with Gasteiger partial charge in [-0.05, 0) is 61.3 Å². The molecule has 12 nitrogen and oxygen atoms in total. The molecule has 6 atom stereocenters. The fourth-order valence-corrected chi connectivity index (χ4v) is 7.99. The van der Waals surface area contributed by atoms with Crippen molar-refractivity contribution >= 4 is 23.4 Å². The largest absolute Gasteiger partial charge is 0.490 e. The maximum absolute atomic E-state index is 13.9. The highest BCUT2D eigenvalue weighted by Gasteiger charge is 2.65. The Labute approximate surface area is 306 Å². The number of carbonyl (C=O) groups excluding carboxylic acids is 1. The summed E-state index contributed by atoms with van der Waals surface area (Å²) in [7, 11) is 1.50. The van der Waals surface area contributed by atoms with E-state index in [4.69, 9.17) is 40.1 Å². The summed E-state index contributed by atoms with van der Waals surface area (Å²) in [5.74, 6) is -0.536. The van der Waals surface area contributed by atoms with Crippen molar-refractivity contribution < 1.29 is 48.6 Å². The Morgan fingerprint density at radius 2 is 1.82 bits per heavy atom. The van der Waals surface area contributed by atoms with Crippen LogP contribution in [-0.4, -0.2) is 116 Å². The highest BCUT2D eigenvalue weighted by molar-refractivity contribution is 6.18. The van der Waals surface area contributed by atoms with Gasteiger partial charge in [-0.3, -0.25) is 4.90 Å². The fourth-order valence-electron chi connectivity index (χ4n) is 7.92. The lowest BCUT2D eigenvalue weighted by atomic mass is 9.55. The Kier molecular flexibility index (Phi) is 16.6. The second-order valence-electron chi connectivity index (χ2n) is 12.9. The first kappa shape index (κ1) is 40.6. The zero-order valence-electron chi connectivity index (χ0n) is 29.8. The summed E-state index contributed by atoms with van der Waals surface area (Å²) in [6.07, 6.45) is 9.84. The number of oxime groups is 1. The van der Waals surface area contributed by atoms with E-state index in [2.05, 4.69) is 24.4 Å². The lowest BCUT2D eigenvalue weighted by Gasteiger charge is -2.59. The van der Waals surface area contributed by atoms with Crippen molar-refractivity contribution in [3.63, 3.8) is 0 Å². The van der Waals surface area contributed by atoms with E-state index < -0.39 is 23.8 Å². The smallest absolute Gasteiger partial charge is 0.410 e. The number of allylic oxidation sites excluding steroid dienone is 1. The maximum Gasteiger partial charge on any atom is 0.410 e. The van der Waals surface area contributed by atoms with Gasteiger partial charge in [0.25, 0.3) is 0 Å². The van der Waals surface area contributed by atoms with Crippen LogP contribution in [0.15, 0.2) is 60.3 Å². The summed E-state index contributed by atoms with van der Waals surface area (Å²) < 4.78 is 31.3. The van der Waals surface area contributed by atoms with Gasteiger partial charge in [0, 0.05) is 37.7 Å². The van der Waals surface area contributed by atoms with Crippen LogP contribution in [0.2, 0.25) is 0 Å². The third-order valence-electron chi connectivity index (χ3n) is 9.84. The number of halogens is 1. The molecule has 13 heteroatoms. The Morgan fingerprint density at radius 1 is 1.06 bits per heavy atom. The number of unbranched alkanes of at least 4 members (excludes halogenated alkanes) is 2. The average Bonchev–Trinajstić information content (AvgIpc) is 3.14. The molecular formula is C38H55ClN2O10. The number of ether oxygens (including phenoxy) is 5. The van der Waals surface area contributed by atoms with Gasteiger partial charge < -0.3 is 43.8 Å². The predicted molar refractivity (Wildman–Crippen MR) is 194 cm³/mol. The number of alkyl halides is 1. The van der Waals surface area contributed by atoms with Gasteiger partial charge in [0.1, 0.15) is 37.9 Å². The molecule has 51 heavy (non-hydrogen) atoms. The Bertz CT molecular complexity index is 1340. The summed E-state index contributed by atoms with van der Waals surface area (Å²) >= 11 is 5.95. The number of hydrogen-bond donors (Lipinski definition) is 3. The van der Waals surface area contributed by atoms with Crippen LogP contribution in [0.3, 0.4) is 0 Å². The van der Waals surface area contributed by atoms with Crippen LogP contribution in [0.4, 0.5) is 4.79 Å². The first-order valence-electron chi connectivity index (χ1n) is 18.0. The van der Waals surface area contributed by atoms with E-state index in [1.165, 1.54) is 7.11 Å². The van der Waals surface area contributed by atoms with Crippen LogP contribution >= 0.6 is 11.6 Å². The van der Waals surface area contributed by atoms with Gasteiger partial charge in [0.15, 0.2) is 0 Å². The maximum atomic E-state index is 13.9. The van der Waals surface area contributed by atoms with Gasteiger partial charge in [-0.1, -0.05) is 42.8 Å². The molecule has 4 rings (SSSR count). The summed E-state index contributed by atoms with van der Waals surface area (Å²) in [6.45, 7) is 8.57. The van der Waals surface area contributed by atoms with E-state index in [-0.39, 0.29) is 82.8 Å². The topological polar surface area (TPSA) is 149 Å². The SMILES string of the molecule is C=CCOc1ccc2c(c1)[C@H]1[C@H](CCCCO)[C@@H](CCCCO)C=C3C(=NOC)C[C@H](N(CCOCCO)C(=O)OCCCl)[C@@](OCC=C)(O2)[C@H]31. The molecule has 0 spiro atoms. The van der Waals surface area contributed by atoms with Gasteiger partial charge in [0.05, 0.1) is 43.9 Å². The molecule has 1 aromatic carbocycles. The van der Waals surface area contributed by atoms with Crippen LogP contribution in [-0.2, 0) is 19.0 Å². The Morgan fingerprint density at radius 3 is 2.51 bits per heavy atom. The lowest BCUT2D eigenvalue weighted by molar-refractivity contribution is -0.256. The minimum atomic E-state index is -1.43. The van der Waals surface area contributed by atoms with E-state index in [1.54, 1.807) is 17.1 Å². The minimum Gasteiger partial charge on any atom is -0.490 e. The second-order valence-corrected chi connectivity index (χ2v) is 13.3. The molecule has 1 heterocycles. The number of fused-ring (bicyclic) bond motifs is 2. The average molecular weight is 735 g/mol. The molecule has 3 aliphatic rings. The number of aliphatic hydroxyl groups is 3. The number of amides is 1. The van der Waals surface area contributed by atoms with Gasteiger partial charge in [-0.15, -0.1) is 18.2 Å². The van der Waals surface area contributed by atoms with Crippen LogP contribution in [0, 0.1) is 17.8 Å². The molecular weight excluding hydrogens is 680 g/mol. The molecule has 0 radical (unpaired) electrons. The number of benzene rings is 1. The third kappa shape index (κ3) is 9.65. The van der Waals surface area contributed by atoms with Crippen molar-refractivity contribution in [3.05, 3.63) is 60.7 Å². The van der Waals surface area contributed by atoms with Crippen LogP contribution in [0.1, 0.15) is 56.4 Å². The monoisotopic (exact) mass is 734 g/mol. The van der Waals surface area contributed by atoms with Crippen LogP contribution in [0.25, 0.3) is 0 Å². The highest BCUT2D eigenvalue weighted by Crippen LogP contribution is 2.61. The van der Waals surface area contributed by atoms with E-state index >= 15 is 0 Å². The molecule has 2 aliphatic carbocycles. The van der Waals surface area contributed by atoms with Crippen molar-refractivity contribution in [2.75, 3.05) is 72.4 Å². The molecule has 0 unspecified atom stereocenters. The molecule has 1 aromatic rings. The third-order valence-corrected chi connectivity index (χ3v) is 9.99. The van der Waals surface area contributed by atoms with E-state index in [0.717, 1.165) is 36.8 Å². The lowest BCUT2D eigenvalue weighted by Crippen LogP contribution is -2.70. The predicted octanol–water partition coefficient (Wildman–Crippen LogP) is 5.20. The van der Waals surface area contributed by atoms with Crippen molar-refractivity contribution in [1.82, 2.24) is 4.90 Å². The molecule has 0 aromatic heterocycles. The zero-order valence-corrected chi connectivity index (χ0v) is 30.5. The summed E-state index contributed by atoms with van der Waals surface area (Å²) in [5, 5.41) is 33.4. The number of nitrogens with zero attached hydrogens (tertiary/aromatic N) is 2. The van der Waals surface area contributed by atoms with Gasteiger partial charge in [0.2, 0.25) is 5.79 Å². The Hall–Kier alpha value is -3.13. The molecule has 1 fully saturated rings. The first-order valence-corrected chi connectivity index (χ1v) is 18.5. The Balaban J connectivity index is 2.00. The number of hydrogen-bond acceptors (Lipinski definition) is 11. The van der Waals surface area contributed by atoms with Crippen molar-refractivity contribution in [2.45, 2.75) is 62.7 Å². The van der Waals surface area contributed by atoms with Crippen LogP contribution < -0.4 is 9.47 Å². The summed E-state index contributed by atoms with van der Waals surface area (Å²) in [6, 6.07) is 5.00. The molecule has 0 bridgehead atoms. The fraction of sp³-hybridized carbons (Fsp3) is 0.632. The minimum absolute atomic E-state index is 0.00251. The molecule has 3 N–H and O–H groups in total. The van der Waals surface area contributed by atoms with Gasteiger partial charge in [-0.2, -0.15) is 0 Å². The molecule has 1 aliphatic heterocycles. The van der Waals surface area contributed by atoms with Crippen molar-refractivity contribution in [3.8, 4) is 11.5 Å². The molecule has 1 saturated carbocycles. The number of carbonyl (C=O) groups is 1.